The fourth-order valence-electron chi connectivity index (χ4n) is 1.36. The lowest BCUT2D eigenvalue weighted by atomic mass is 10.2. The molecular weight excluding hydrogens is 341 g/mol. The Hall–Kier alpha value is -1.52. The van der Waals surface area contributed by atoms with Crippen molar-refractivity contribution >= 4 is 21.8 Å². The summed E-state index contributed by atoms with van der Waals surface area (Å²) in [5.74, 6) is -1.62. The maximum absolute atomic E-state index is 12.1. The lowest BCUT2D eigenvalue weighted by Crippen LogP contribution is -2.50. The second-order valence-corrected chi connectivity index (χ2v) is 8.21. The van der Waals surface area contributed by atoms with Gasteiger partial charge in [-0.05, 0) is 27.2 Å². The molecule has 0 aliphatic heterocycles. The molecule has 0 radical (unpaired) electrons. The van der Waals surface area contributed by atoms with Crippen LogP contribution in [0.3, 0.4) is 0 Å². The predicted molar refractivity (Wildman–Crippen MR) is 76.6 cm³/mol. The topological polar surface area (TPSA) is 102 Å². The minimum atomic E-state index is -4.62. The standard InChI is InChI=1S/C12H21F3N2O5S/c1-11(2,3)22-10(19)17-8(5-6-23(4,20)21)9(18)16-7-12(13,14)15/h8H,5-7H2,1-4H3,(H,16,18)(H,17,19). The van der Waals surface area contributed by atoms with Crippen molar-refractivity contribution < 1.29 is 35.9 Å². The predicted octanol–water partition coefficient (Wildman–Crippen LogP) is 0.993. The number of halogens is 3. The SMILES string of the molecule is CC(C)(C)OC(=O)NC(CCS(C)(=O)=O)C(=O)NCC(F)(F)F. The molecule has 11 heteroatoms. The average molecular weight is 362 g/mol. The number of carbonyl (C=O) groups excluding carboxylic acids is 2. The van der Waals surface area contributed by atoms with Gasteiger partial charge < -0.3 is 15.4 Å². The highest BCUT2D eigenvalue weighted by atomic mass is 32.2. The van der Waals surface area contributed by atoms with E-state index in [-0.39, 0.29) is 6.42 Å². The maximum atomic E-state index is 12.1. The number of hydrogen-bond donors (Lipinski definition) is 2. The van der Waals surface area contributed by atoms with Crippen LogP contribution in [0.15, 0.2) is 0 Å². The van der Waals surface area contributed by atoms with E-state index >= 15 is 0 Å². The molecule has 0 aromatic heterocycles. The number of ether oxygens (including phenoxy) is 1. The van der Waals surface area contributed by atoms with Crippen molar-refractivity contribution in [1.82, 2.24) is 10.6 Å². The Morgan fingerprint density at radius 3 is 2.09 bits per heavy atom. The van der Waals surface area contributed by atoms with E-state index in [2.05, 4.69) is 5.32 Å². The van der Waals surface area contributed by atoms with Crippen molar-refractivity contribution in [1.29, 1.82) is 0 Å². The summed E-state index contributed by atoms with van der Waals surface area (Å²) in [5.41, 5.74) is -0.881. The van der Waals surface area contributed by atoms with Gasteiger partial charge in [-0.15, -0.1) is 0 Å². The van der Waals surface area contributed by atoms with Gasteiger partial charge >= 0.3 is 12.3 Å². The number of sulfone groups is 1. The molecule has 0 aliphatic carbocycles. The third kappa shape index (κ3) is 12.7. The molecule has 1 atom stereocenters. The van der Waals surface area contributed by atoms with Gasteiger partial charge in [0.2, 0.25) is 5.91 Å². The summed E-state index contributed by atoms with van der Waals surface area (Å²) in [6.45, 7) is 3.09. The van der Waals surface area contributed by atoms with Gasteiger partial charge in [-0.3, -0.25) is 4.79 Å². The third-order valence-corrected chi connectivity index (χ3v) is 3.23. The van der Waals surface area contributed by atoms with E-state index in [0.29, 0.717) is 0 Å². The zero-order chi connectivity index (χ0) is 18.5. The van der Waals surface area contributed by atoms with Gasteiger partial charge in [0.25, 0.3) is 0 Å². The molecular formula is C12H21F3N2O5S. The average Bonchev–Trinajstić information content (AvgIpc) is 2.27. The first-order chi connectivity index (χ1) is 10.1. The number of rotatable bonds is 6. The van der Waals surface area contributed by atoms with Crippen LogP contribution in [-0.2, 0) is 19.4 Å². The summed E-state index contributed by atoms with van der Waals surface area (Å²) in [4.78, 5) is 23.3. The van der Waals surface area contributed by atoms with E-state index in [9.17, 15) is 31.2 Å². The maximum Gasteiger partial charge on any atom is 0.408 e. The van der Waals surface area contributed by atoms with Gasteiger partial charge in [0.15, 0.2) is 0 Å². The summed E-state index contributed by atoms with van der Waals surface area (Å²) < 4.78 is 63.5. The minimum Gasteiger partial charge on any atom is -0.444 e. The molecule has 2 N–H and O–H groups in total. The highest BCUT2D eigenvalue weighted by Crippen LogP contribution is 2.12. The van der Waals surface area contributed by atoms with E-state index in [1.54, 1.807) is 26.1 Å². The molecule has 0 saturated carbocycles. The zero-order valence-corrected chi connectivity index (χ0v) is 14.1. The lowest BCUT2D eigenvalue weighted by Gasteiger charge is -2.23. The Morgan fingerprint density at radius 1 is 1.17 bits per heavy atom. The van der Waals surface area contributed by atoms with Gasteiger partial charge in [-0.1, -0.05) is 0 Å². The molecule has 2 amide bonds. The Balaban J connectivity index is 4.86. The normalized spacial score (nSPS) is 14.0. The van der Waals surface area contributed by atoms with Crippen LogP contribution in [0.4, 0.5) is 18.0 Å². The molecule has 1 unspecified atom stereocenters. The van der Waals surface area contributed by atoms with Crippen molar-refractivity contribution in [3.05, 3.63) is 0 Å². The summed E-state index contributed by atoms with van der Waals surface area (Å²) in [6.07, 6.45) is -5.12. The van der Waals surface area contributed by atoms with Crippen molar-refractivity contribution in [2.24, 2.45) is 0 Å². The quantitative estimate of drug-likeness (QED) is 0.734. The summed E-state index contributed by atoms with van der Waals surface area (Å²) >= 11 is 0. The Morgan fingerprint density at radius 2 is 1.70 bits per heavy atom. The Kier molecular flexibility index (Phi) is 7.32. The van der Waals surface area contributed by atoms with E-state index in [1.807, 2.05) is 0 Å². The van der Waals surface area contributed by atoms with E-state index in [1.165, 1.54) is 0 Å². The molecule has 0 aliphatic rings. The molecule has 0 saturated heterocycles. The molecule has 136 valence electrons. The minimum absolute atomic E-state index is 0.373. The number of alkyl halides is 3. The van der Waals surface area contributed by atoms with Crippen LogP contribution in [0.2, 0.25) is 0 Å². The monoisotopic (exact) mass is 362 g/mol. The molecule has 23 heavy (non-hydrogen) atoms. The van der Waals surface area contributed by atoms with Crippen molar-refractivity contribution in [3.63, 3.8) is 0 Å². The summed E-state index contributed by atoms with van der Waals surface area (Å²) in [5, 5.41) is 3.68. The zero-order valence-electron chi connectivity index (χ0n) is 13.3. The first-order valence-electron chi connectivity index (χ1n) is 6.61. The largest absolute Gasteiger partial charge is 0.444 e. The second kappa shape index (κ2) is 7.84. The molecule has 0 heterocycles. The van der Waals surface area contributed by atoms with Gasteiger partial charge in [0.05, 0.1) is 5.75 Å². The lowest BCUT2D eigenvalue weighted by molar-refractivity contribution is -0.139. The number of hydrogen-bond acceptors (Lipinski definition) is 5. The van der Waals surface area contributed by atoms with Gasteiger partial charge in [0, 0.05) is 6.26 Å². The highest BCUT2D eigenvalue weighted by Gasteiger charge is 2.31. The molecule has 0 aromatic carbocycles. The van der Waals surface area contributed by atoms with Crippen molar-refractivity contribution in [2.45, 2.75) is 45.0 Å². The third-order valence-electron chi connectivity index (χ3n) is 2.25. The highest BCUT2D eigenvalue weighted by molar-refractivity contribution is 7.90. The van der Waals surface area contributed by atoms with Crippen molar-refractivity contribution in [3.8, 4) is 0 Å². The first-order valence-corrected chi connectivity index (χ1v) is 8.67. The number of carbonyl (C=O) groups is 2. The van der Waals surface area contributed by atoms with Crippen LogP contribution in [0.5, 0.6) is 0 Å². The second-order valence-electron chi connectivity index (χ2n) is 5.95. The van der Waals surface area contributed by atoms with Crippen molar-refractivity contribution in [2.75, 3.05) is 18.6 Å². The molecule has 7 nitrogen and oxygen atoms in total. The molecule has 0 fully saturated rings. The fraction of sp³-hybridized carbons (Fsp3) is 0.833. The van der Waals surface area contributed by atoms with E-state index < -0.39 is 52.0 Å². The summed E-state index contributed by atoms with van der Waals surface area (Å²) in [6, 6.07) is -1.46. The Labute approximate surface area is 132 Å². The Bertz CT molecular complexity index is 526. The molecule has 0 aromatic rings. The smallest absolute Gasteiger partial charge is 0.408 e. The van der Waals surface area contributed by atoms with E-state index in [4.69, 9.17) is 4.74 Å². The van der Waals surface area contributed by atoms with Gasteiger partial charge in [-0.2, -0.15) is 13.2 Å². The number of nitrogens with one attached hydrogen (secondary N) is 2. The number of amides is 2. The van der Waals surface area contributed by atoms with Crippen LogP contribution in [-0.4, -0.2) is 56.8 Å². The van der Waals surface area contributed by atoms with Gasteiger partial charge in [0.1, 0.15) is 28.0 Å². The molecule has 0 rings (SSSR count). The fourth-order valence-corrected chi connectivity index (χ4v) is 2.02. The van der Waals surface area contributed by atoms with Crippen LogP contribution in [0.25, 0.3) is 0 Å². The van der Waals surface area contributed by atoms with Crippen LogP contribution >= 0.6 is 0 Å². The van der Waals surface area contributed by atoms with E-state index in [0.717, 1.165) is 6.26 Å². The van der Waals surface area contributed by atoms with Crippen LogP contribution in [0.1, 0.15) is 27.2 Å². The summed E-state index contributed by atoms with van der Waals surface area (Å²) in [7, 11) is -3.46. The van der Waals surface area contributed by atoms with Crippen LogP contribution < -0.4 is 10.6 Å². The molecule has 0 bridgehead atoms. The number of alkyl carbamates (subject to hydrolysis) is 1. The van der Waals surface area contributed by atoms with Crippen LogP contribution in [0, 0.1) is 0 Å². The molecule has 0 spiro atoms. The first kappa shape index (κ1) is 21.5. The van der Waals surface area contributed by atoms with Gasteiger partial charge in [-0.25, -0.2) is 13.2 Å².